The van der Waals surface area contributed by atoms with E-state index in [1.54, 1.807) is 0 Å². The lowest BCUT2D eigenvalue weighted by atomic mass is 10.1. The Kier molecular flexibility index (Phi) is 4.28. The van der Waals surface area contributed by atoms with Crippen molar-refractivity contribution in [2.75, 3.05) is 11.9 Å². The smallest absolute Gasteiger partial charge is 0.241 e. The Morgan fingerprint density at radius 3 is 2.33 bits per heavy atom. The maximum absolute atomic E-state index is 12.5. The Morgan fingerprint density at radius 2 is 1.71 bits per heavy atom. The van der Waals surface area contributed by atoms with Gasteiger partial charge in [0.15, 0.2) is 0 Å². The first-order chi connectivity index (χ1) is 10.3. The highest BCUT2D eigenvalue weighted by atomic mass is 16.2. The van der Waals surface area contributed by atoms with Crippen LogP contribution in [0.25, 0.3) is 0 Å². The third-order valence-corrected chi connectivity index (χ3v) is 3.45. The first kappa shape index (κ1) is 13.8. The maximum atomic E-state index is 12.5. The van der Waals surface area contributed by atoms with Crippen molar-refractivity contribution in [3.63, 3.8) is 0 Å². The van der Waals surface area contributed by atoms with Crippen LogP contribution in [-0.4, -0.2) is 24.7 Å². The van der Waals surface area contributed by atoms with Gasteiger partial charge < -0.3 is 5.32 Å². The molecule has 0 aromatic heterocycles. The lowest BCUT2D eigenvalue weighted by Crippen LogP contribution is -2.44. The van der Waals surface area contributed by atoms with Gasteiger partial charge in [-0.15, -0.1) is 0 Å². The predicted molar refractivity (Wildman–Crippen MR) is 83.9 cm³/mol. The molecule has 1 amide bonds. The van der Waals surface area contributed by atoms with Gasteiger partial charge in [-0.1, -0.05) is 48.5 Å². The van der Waals surface area contributed by atoms with Crippen LogP contribution >= 0.6 is 0 Å². The Balaban J connectivity index is 1.67. The zero-order valence-corrected chi connectivity index (χ0v) is 11.8. The third-order valence-electron chi connectivity index (χ3n) is 3.45. The van der Waals surface area contributed by atoms with E-state index in [1.807, 2.05) is 60.7 Å². The van der Waals surface area contributed by atoms with Gasteiger partial charge in [-0.2, -0.15) is 0 Å². The molecule has 2 atom stereocenters. The van der Waals surface area contributed by atoms with Crippen LogP contribution in [0, 0.1) is 0 Å². The number of nitrogens with one attached hydrogen (secondary N) is 3. The average molecular weight is 281 g/mol. The van der Waals surface area contributed by atoms with E-state index in [1.165, 1.54) is 0 Å². The molecule has 0 bridgehead atoms. The van der Waals surface area contributed by atoms with Gasteiger partial charge in [-0.25, -0.2) is 0 Å². The SMILES string of the molecule is O=C(Nc1ccccc1)[C@H](Cc1ccccc1)N[C@H]1CN1. The van der Waals surface area contributed by atoms with E-state index in [2.05, 4.69) is 16.0 Å². The van der Waals surface area contributed by atoms with Crippen LogP contribution in [0.4, 0.5) is 5.69 Å². The van der Waals surface area contributed by atoms with Crippen LogP contribution in [0.15, 0.2) is 60.7 Å². The topological polar surface area (TPSA) is 63.1 Å². The van der Waals surface area contributed by atoms with Gasteiger partial charge in [0.05, 0.1) is 12.2 Å². The van der Waals surface area contributed by atoms with Gasteiger partial charge in [0, 0.05) is 12.2 Å². The minimum atomic E-state index is -0.243. The number of carbonyl (C=O) groups is 1. The molecule has 0 saturated carbocycles. The van der Waals surface area contributed by atoms with E-state index in [0.29, 0.717) is 6.42 Å². The average Bonchev–Trinajstić information content (AvgIpc) is 3.33. The van der Waals surface area contributed by atoms with Crippen molar-refractivity contribution in [1.82, 2.24) is 10.6 Å². The first-order valence-electron chi connectivity index (χ1n) is 7.20. The number of para-hydroxylation sites is 1. The number of rotatable bonds is 6. The Bertz CT molecular complexity index is 581. The number of hydrogen-bond donors (Lipinski definition) is 3. The molecule has 1 aliphatic rings. The lowest BCUT2D eigenvalue weighted by molar-refractivity contribution is -0.118. The van der Waals surface area contributed by atoms with Gasteiger partial charge in [0.2, 0.25) is 5.91 Å². The van der Waals surface area contributed by atoms with Crippen LogP contribution in [-0.2, 0) is 11.2 Å². The molecule has 0 aliphatic carbocycles. The van der Waals surface area contributed by atoms with Gasteiger partial charge in [-0.05, 0) is 24.1 Å². The van der Waals surface area contributed by atoms with E-state index in [0.717, 1.165) is 17.8 Å². The number of amides is 1. The van der Waals surface area contributed by atoms with Crippen molar-refractivity contribution < 1.29 is 4.79 Å². The molecule has 0 spiro atoms. The molecule has 4 nitrogen and oxygen atoms in total. The number of benzene rings is 2. The van der Waals surface area contributed by atoms with Crippen molar-refractivity contribution in [2.45, 2.75) is 18.6 Å². The second-order valence-corrected chi connectivity index (χ2v) is 5.23. The van der Waals surface area contributed by atoms with Crippen molar-refractivity contribution >= 4 is 11.6 Å². The highest BCUT2D eigenvalue weighted by Crippen LogP contribution is 2.10. The molecule has 0 radical (unpaired) electrons. The summed E-state index contributed by atoms with van der Waals surface area (Å²) >= 11 is 0. The Labute approximate surface area is 124 Å². The van der Waals surface area contributed by atoms with Crippen LogP contribution in [0.1, 0.15) is 5.56 Å². The zero-order valence-electron chi connectivity index (χ0n) is 11.8. The van der Waals surface area contributed by atoms with E-state index in [4.69, 9.17) is 0 Å². The summed E-state index contributed by atoms with van der Waals surface area (Å²) in [5.74, 6) is -0.00115. The number of anilines is 1. The zero-order chi connectivity index (χ0) is 14.5. The fraction of sp³-hybridized carbons (Fsp3) is 0.235. The van der Waals surface area contributed by atoms with E-state index >= 15 is 0 Å². The Morgan fingerprint density at radius 1 is 1.10 bits per heavy atom. The maximum Gasteiger partial charge on any atom is 0.241 e. The summed E-state index contributed by atoms with van der Waals surface area (Å²) in [6.45, 7) is 0.921. The van der Waals surface area contributed by atoms with Gasteiger partial charge in [0.25, 0.3) is 0 Å². The Hall–Kier alpha value is -2.17. The summed E-state index contributed by atoms with van der Waals surface area (Å²) in [7, 11) is 0. The van der Waals surface area contributed by atoms with E-state index < -0.39 is 0 Å². The molecular weight excluding hydrogens is 262 g/mol. The van der Waals surface area contributed by atoms with Gasteiger partial charge in [-0.3, -0.25) is 15.4 Å². The summed E-state index contributed by atoms with van der Waals surface area (Å²) in [6.07, 6.45) is 0.928. The summed E-state index contributed by atoms with van der Waals surface area (Å²) < 4.78 is 0. The van der Waals surface area contributed by atoms with Crippen molar-refractivity contribution in [3.8, 4) is 0 Å². The van der Waals surface area contributed by atoms with Crippen molar-refractivity contribution in [2.24, 2.45) is 0 Å². The normalized spacial score (nSPS) is 18.0. The minimum Gasteiger partial charge on any atom is -0.325 e. The molecule has 4 heteroatoms. The molecule has 2 aromatic rings. The van der Waals surface area contributed by atoms with Crippen LogP contribution < -0.4 is 16.0 Å². The molecule has 1 aliphatic heterocycles. The molecule has 1 saturated heterocycles. The minimum absolute atomic E-state index is 0.00115. The molecule has 21 heavy (non-hydrogen) atoms. The molecule has 0 unspecified atom stereocenters. The summed E-state index contributed by atoms with van der Waals surface area (Å²) in [5, 5.41) is 9.48. The molecule has 3 N–H and O–H groups in total. The summed E-state index contributed by atoms with van der Waals surface area (Å²) in [5.41, 5.74) is 1.98. The largest absolute Gasteiger partial charge is 0.325 e. The highest BCUT2D eigenvalue weighted by Gasteiger charge is 2.27. The number of hydrogen-bond acceptors (Lipinski definition) is 3. The predicted octanol–water partition coefficient (Wildman–Crippen LogP) is 1.76. The van der Waals surface area contributed by atoms with Gasteiger partial charge in [0.1, 0.15) is 0 Å². The monoisotopic (exact) mass is 281 g/mol. The summed E-state index contributed by atoms with van der Waals surface area (Å²) in [4.78, 5) is 12.5. The highest BCUT2D eigenvalue weighted by molar-refractivity contribution is 5.95. The molecule has 3 rings (SSSR count). The standard InChI is InChI=1S/C17H19N3O/c21-17(19-14-9-5-2-6-10-14)15(20-16-12-18-16)11-13-7-3-1-4-8-13/h1-10,15-16,18,20H,11-12H2,(H,19,21)/t15-,16-/m0/s1. The second kappa shape index (κ2) is 6.52. The molecule has 108 valence electrons. The van der Waals surface area contributed by atoms with E-state index in [-0.39, 0.29) is 18.1 Å². The van der Waals surface area contributed by atoms with Crippen LogP contribution in [0.5, 0.6) is 0 Å². The molecule has 1 fully saturated rings. The fourth-order valence-corrected chi connectivity index (χ4v) is 2.25. The lowest BCUT2D eigenvalue weighted by Gasteiger charge is -2.18. The second-order valence-electron chi connectivity index (χ2n) is 5.23. The van der Waals surface area contributed by atoms with Crippen LogP contribution in [0.3, 0.4) is 0 Å². The molecule has 2 aromatic carbocycles. The summed E-state index contributed by atoms with van der Waals surface area (Å²) in [6, 6.07) is 19.4. The van der Waals surface area contributed by atoms with E-state index in [9.17, 15) is 4.79 Å². The molecule has 1 heterocycles. The van der Waals surface area contributed by atoms with Crippen LogP contribution in [0.2, 0.25) is 0 Å². The van der Waals surface area contributed by atoms with Crippen molar-refractivity contribution in [1.29, 1.82) is 0 Å². The quantitative estimate of drug-likeness (QED) is 0.707. The first-order valence-corrected chi connectivity index (χ1v) is 7.20. The third kappa shape index (κ3) is 4.15. The number of carbonyl (C=O) groups excluding carboxylic acids is 1. The van der Waals surface area contributed by atoms with Gasteiger partial charge >= 0.3 is 0 Å². The molecular formula is C17H19N3O. The van der Waals surface area contributed by atoms with Crippen molar-refractivity contribution in [3.05, 3.63) is 66.2 Å². The fourth-order valence-electron chi connectivity index (χ4n) is 2.25.